The van der Waals surface area contributed by atoms with Crippen LogP contribution in [-0.2, 0) is 13.5 Å². The van der Waals surface area contributed by atoms with Crippen LogP contribution in [0.4, 0.5) is 0 Å². The van der Waals surface area contributed by atoms with Crippen LogP contribution in [-0.4, -0.2) is 21.8 Å². The minimum atomic E-state index is -0.540. The van der Waals surface area contributed by atoms with E-state index < -0.39 is 6.10 Å². The minimum absolute atomic E-state index is 0.510. The molecule has 0 amide bonds. The Bertz CT molecular complexity index is 476. The van der Waals surface area contributed by atoms with Crippen LogP contribution in [0.1, 0.15) is 17.5 Å². The highest BCUT2D eigenvalue weighted by molar-refractivity contribution is 5.28. The Morgan fingerprint density at radius 2 is 2.06 bits per heavy atom. The number of aliphatic hydroxyl groups is 1. The van der Waals surface area contributed by atoms with Gasteiger partial charge in [0.2, 0.25) is 0 Å². The van der Waals surface area contributed by atoms with E-state index in [1.807, 2.05) is 42.1 Å². The number of hydrogen-bond acceptors (Lipinski definition) is 3. The van der Waals surface area contributed by atoms with Crippen molar-refractivity contribution in [2.45, 2.75) is 12.5 Å². The van der Waals surface area contributed by atoms with E-state index in [1.165, 1.54) is 0 Å². The summed E-state index contributed by atoms with van der Waals surface area (Å²) in [5.41, 5.74) is 0.869. The summed E-state index contributed by atoms with van der Waals surface area (Å²) < 4.78 is 6.99. The first kappa shape index (κ1) is 11.7. The fraction of sp³-hybridized carbons (Fsp3) is 0.308. The van der Waals surface area contributed by atoms with Gasteiger partial charge in [-0.2, -0.15) is 0 Å². The van der Waals surface area contributed by atoms with Gasteiger partial charge in [0, 0.05) is 25.9 Å². The zero-order valence-electron chi connectivity index (χ0n) is 10.00. The van der Waals surface area contributed by atoms with Crippen LogP contribution in [0, 0.1) is 0 Å². The van der Waals surface area contributed by atoms with E-state index in [0.29, 0.717) is 6.42 Å². The molecule has 0 saturated carbocycles. The first-order valence-corrected chi connectivity index (χ1v) is 5.49. The lowest BCUT2D eigenvalue weighted by Gasteiger charge is -2.11. The van der Waals surface area contributed by atoms with E-state index in [9.17, 15) is 5.11 Å². The average molecular weight is 232 g/mol. The van der Waals surface area contributed by atoms with Gasteiger partial charge in [-0.15, -0.1) is 0 Å². The number of rotatable bonds is 4. The number of benzene rings is 1. The number of aliphatic hydroxyl groups excluding tert-OH is 1. The van der Waals surface area contributed by atoms with E-state index in [0.717, 1.165) is 17.1 Å². The number of aromatic nitrogens is 2. The molecule has 2 rings (SSSR count). The lowest BCUT2D eigenvalue weighted by Crippen LogP contribution is -2.06. The average Bonchev–Trinajstić information content (AvgIpc) is 2.75. The van der Waals surface area contributed by atoms with Crippen LogP contribution in [0.3, 0.4) is 0 Å². The van der Waals surface area contributed by atoms with E-state index in [1.54, 1.807) is 13.3 Å². The highest BCUT2D eigenvalue weighted by Crippen LogP contribution is 2.20. The summed E-state index contributed by atoms with van der Waals surface area (Å²) in [5, 5.41) is 10.1. The second kappa shape index (κ2) is 5.01. The molecule has 2 aromatic rings. The SMILES string of the molecule is COc1ccc(C(O)Cc2nccn2C)cc1. The maximum atomic E-state index is 10.1. The molecule has 1 aromatic heterocycles. The Morgan fingerprint density at radius 3 is 2.59 bits per heavy atom. The minimum Gasteiger partial charge on any atom is -0.497 e. The van der Waals surface area contributed by atoms with Crippen molar-refractivity contribution in [1.82, 2.24) is 9.55 Å². The summed E-state index contributed by atoms with van der Waals surface area (Å²) in [6, 6.07) is 7.42. The van der Waals surface area contributed by atoms with Gasteiger partial charge in [0.15, 0.2) is 0 Å². The molecule has 1 unspecified atom stereocenters. The number of nitrogens with zero attached hydrogens (tertiary/aromatic N) is 2. The van der Waals surface area contributed by atoms with Gasteiger partial charge in [-0.05, 0) is 17.7 Å². The second-order valence-electron chi connectivity index (χ2n) is 3.95. The normalized spacial score (nSPS) is 12.4. The zero-order chi connectivity index (χ0) is 12.3. The summed E-state index contributed by atoms with van der Waals surface area (Å²) in [7, 11) is 3.54. The maximum absolute atomic E-state index is 10.1. The lowest BCUT2D eigenvalue weighted by atomic mass is 10.1. The molecule has 4 nitrogen and oxygen atoms in total. The predicted octanol–water partition coefficient (Wildman–Crippen LogP) is 1.70. The summed E-state index contributed by atoms with van der Waals surface area (Å²) in [5.74, 6) is 1.66. The molecule has 90 valence electrons. The molecule has 0 spiro atoms. The zero-order valence-corrected chi connectivity index (χ0v) is 10.00. The van der Waals surface area contributed by atoms with Crippen molar-refractivity contribution in [2.75, 3.05) is 7.11 Å². The van der Waals surface area contributed by atoms with Crippen LogP contribution in [0.2, 0.25) is 0 Å². The van der Waals surface area contributed by atoms with Crippen molar-refractivity contribution in [2.24, 2.45) is 7.05 Å². The van der Waals surface area contributed by atoms with Gasteiger partial charge in [-0.25, -0.2) is 4.98 Å². The molecule has 17 heavy (non-hydrogen) atoms. The Labute approximate surface area is 100 Å². The molecule has 0 saturated heterocycles. The quantitative estimate of drug-likeness (QED) is 0.872. The first-order chi connectivity index (χ1) is 8.20. The van der Waals surface area contributed by atoms with Crippen LogP contribution in [0.15, 0.2) is 36.7 Å². The van der Waals surface area contributed by atoms with Gasteiger partial charge in [0.05, 0.1) is 13.2 Å². The van der Waals surface area contributed by atoms with Crippen molar-refractivity contribution in [3.63, 3.8) is 0 Å². The van der Waals surface area contributed by atoms with Crippen LogP contribution in [0.25, 0.3) is 0 Å². The highest BCUT2D eigenvalue weighted by Gasteiger charge is 2.11. The third-order valence-electron chi connectivity index (χ3n) is 2.80. The van der Waals surface area contributed by atoms with Crippen molar-refractivity contribution >= 4 is 0 Å². The van der Waals surface area contributed by atoms with Gasteiger partial charge < -0.3 is 14.4 Å². The molecule has 0 aliphatic carbocycles. The molecular weight excluding hydrogens is 216 g/mol. The fourth-order valence-electron chi connectivity index (χ4n) is 1.71. The van der Waals surface area contributed by atoms with Gasteiger partial charge in [-0.3, -0.25) is 0 Å². The van der Waals surface area contributed by atoms with Gasteiger partial charge in [0.25, 0.3) is 0 Å². The Morgan fingerprint density at radius 1 is 1.35 bits per heavy atom. The van der Waals surface area contributed by atoms with Crippen molar-refractivity contribution in [3.8, 4) is 5.75 Å². The molecule has 0 fully saturated rings. The molecule has 0 radical (unpaired) electrons. The summed E-state index contributed by atoms with van der Waals surface area (Å²) in [6.45, 7) is 0. The van der Waals surface area contributed by atoms with Crippen LogP contribution >= 0.6 is 0 Å². The molecule has 1 aromatic carbocycles. The standard InChI is InChI=1S/C13H16N2O2/c1-15-8-7-14-13(15)9-12(16)10-3-5-11(17-2)6-4-10/h3-8,12,16H,9H2,1-2H3. The maximum Gasteiger partial charge on any atom is 0.118 e. The summed E-state index contributed by atoms with van der Waals surface area (Å²) >= 11 is 0. The number of aryl methyl sites for hydroxylation is 1. The summed E-state index contributed by atoms with van der Waals surface area (Å²) in [6.07, 6.45) is 3.57. The number of imidazole rings is 1. The molecule has 4 heteroatoms. The van der Waals surface area contributed by atoms with E-state index in [4.69, 9.17) is 4.74 Å². The van der Waals surface area contributed by atoms with Crippen molar-refractivity contribution < 1.29 is 9.84 Å². The molecule has 1 atom stereocenters. The van der Waals surface area contributed by atoms with E-state index in [-0.39, 0.29) is 0 Å². The Hall–Kier alpha value is -1.81. The largest absolute Gasteiger partial charge is 0.497 e. The summed E-state index contributed by atoms with van der Waals surface area (Å²) in [4.78, 5) is 4.19. The third kappa shape index (κ3) is 2.65. The molecule has 0 aliphatic heterocycles. The van der Waals surface area contributed by atoms with Gasteiger partial charge in [0.1, 0.15) is 11.6 Å². The molecule has 1 N–H and O–H groups in total. The fourth-order valence-corrected chi connectivity index (χ4v) is 1.71. The van der Waals surface area contributed by atoms with E-state index in [2.05, 4.69) is 4.98 Å². The number of ether oxygens (including phenoxy) is 1. The Balaban J connectivity index is 2.09. The number of methoxy groups -OCH3 is 1. The molecular formula is C13H16N2O2. The van der Waals surface area contributed by atoms with Gasteiger partial charge in [-0.1, -0.05) is 12.1 Å². The molecule has 0 bridgehead atoms. The second-order valence-corrected chi connectivity index (χ2v) is 3.95. The van der Waals surface area contributed by atoms with E-state index >= 15 is 0 Å². The topological polar surface area (TPSA) is 47.3 Å². The highest BCUT2D eigenvalue weighted by atomic mass is 16.5. The van der Waals surface area contributed by atoms with Crippen molar-refractivity contribution in [3.05, 3.63) is 48.0 Å². The van der Waals surface area contributed by atoms with Crippen molar-refractivity contribution in [1.29, 1.82) is 0 Å². The first-order valence-electron chi connectivity index (χ1n) is 5.49. The molecule has 0 aliphatic rings. The Kier molecular flexibility index (Phi) is 3.44. The van der Waals surface area contributed by atoms with Crippen LogP contribution in [0.5, 0.6) is 5.75 Å². The molecule has 1 heterocycles. The third-order valence-corrected chi connectivity index (χ3v) is 2.80. The lowest BCUT2D eigenvalue weighted by molar-refractivity contribution is 0.175. The van der Waals surface area contributed by atoms with Crippen LogP contribution < -0.4 is 4.74 Å². The monoisotopic (exact) mass is 232 g/mol. The van der Waals surface area contributed by atoms with Gasteiger partial charge >= 0.3 is 0 Å². The number of hydrogen-bond donors (Lipinski definition) is 1. The predicted molar refractivity (Wildman–Crippen MR) is 64.9 cm³/mol. The smallest absolute Gasteiger partial charge is 0.118 e.